The van der Waals surface area contributed by atoms with Crippen molar-refractivity contribution in [2.75, 3.05) is 19.6 Å². The molecule has 18 heavy (non-hydrogen) atoms. The average molecular weight is 250 g/mol. The third-order valence-electron chi connectivity index (χ3n) is 3.62. The largest absolute Gasteiger partial charge is 0.338 e. The van der Waals surface area contributed by atoms with Gasteiger partial charge in [-0.2, -0.15) is 5.10 Å². The summed E-state index contributed by atoms with van der Waals surface area (Å²) in [5, 5.41) is 4.33. The number of carbonyl (C=O) groups is 1. The molecule has 1 aromatic heterocycles. The van der Waals surface area contributed by atoms with E-state index in [4.69, 9.17) is 5.73 Å². The zero-order chi connectivity index (χ0) is 13.1. The van der Waals surface area contributed by atoms with E-state index in [1.807, 2.05) is 25.1 Å². The number of hydrogen-bond acceptors (Lipinski definition) is 3. The van der Waals surface area contributed by atoms with Gasteiger partial charge in [-0.05, 0) is 31.7 Å². The van der Waals surface area contributed by atoms with Gasteiger partial charge in [0.15, 0.2) is 0 Å². The molecule has 0 saturated carbocycles. The molecule has 1 atom stereocenters. The second kappa shape index (κ2) is 5.52. The number of hydrogen-bond donors (Lipinski definition) is 1. The van der Waals surface area contributed by atoms with E-state index in [9.17, 15) is 4.79 Å². The first-order valence-electron chi connectivity index (χ1n) is 6.67. The number of rotatable bonds is 4. The minimum Gasteiger partial charge on any atom is -0.338 e. The van der Waals surface area contributed by atoms with Gasteiger partial charge in [-0.3, -0.25) is 9.48 Å². The predicted molar refractivity (Wildman–Crippen MR) is 70.3 cm³/mol. The van der Waals surface area contributed by atoms with Crippen LogP contribution < -0.4 is 5.73 Å². The molecule has 0 aliphatic carbocycles. The van der Waals surface area contributed by atoms with Gasteiger partial charge >= 0.3 is 0 Å². The summed E-state index contributed by atoms with van der Waals surface area (Å²) in [5.41, 5.74) is 7.22. The normalized spacial score (nSPS) is 19.5. The van der Waals surface area contributed by atoms with E-state index in [2.05, 4.69) is 5.10 Å². The van der Waals surface area contributed by atoms with Gasteiger partial charge in [-0.15, -0.1) is 0 Å². The first-order valence-corrected chi connectivity index (χ1v) is 6.67. The summed E-state index contributed by atoms with van der Waals surface area (Å²) in [6.45, 7) is 4.43. The molecule has 100 valence electrons. The molecule has 0 aromatic carbocycles. The average Bonchev–Trinajstić information content (AvgIpc) is 2.95. The van der Waals surface area contributed by atoms with E-state index in [-0.39, 0.29) is 5.91 Å². The Bertz CT molecular complexity index is 427. The summed E-state index contributed by atoms with van der Waals surface area (Å²) in [6.07, 6.45) is 4.71. The Morgan fingerprint density at radius 1 is 1.61 bits per heavy atom. The Balaban J connectivity index is 2.07. The van der Waals surface area contributed by atoms with Crippen molar-refractivity contribution in [2.45, 2.75) is 26.2 Å². The lowest BCUT2D eigenvalue weighted by Crippen LogP contribution is -2.29. The van der Waals surface area contributed by atoms with Crippen molar-refractivity contribution in [3.8, 4) is 0 Å². The highest BCUT2D eigenvalue weighted by Gasteiger charge is 2.28. The monoisotopic (exact) mass is 250 g/mol. The van der Waals surface area contributed by atoms with Crippen LogP contribution in [0.25, 0.3) is 0 Å². The van der Waals surface area contributed by atoms with E-state index in [0.29, 0.717) is 12.5 Å². The molecule has 2 heterocycles. The third kappa shape index (κ3) is 2.56. The molecular weight excluding hydrogens is 228 g/mol. The van der Waals surface area contributed by atoms with Crippen LogP contribution in [0.3, 0.4) is 0 Å². The van der Waals surface area contributed by atoms with Crippen molar-refractivity contribution in [1.82, 2.24) is 14.7 Å². The Morgan fingerprint density at radius 2 is 2.39 bits per heavy atom. The molecule has 1 unspecified atom stereocenters. The zero-order valence-corrected chi connectivity index (χ0v) is 11.2. The van der Waals surface area contributed by atoms with Gasteiger partial charge in [0.05, 0.1) is 11.3 Å². The maximum atomic E-state index is 12.4. The maximum absolute atomic E-state index is 12.4. The molecule has 0 bridgehead atoms. The van der Waals surface area contributed by atoms with Crippen molar-refractivity contribution in [2.24, 2.45) is 18.7 Å². The lowest BCUT2D eigenvalue weighted by molar-refractivity contribution is 0.0785. The smallest absolute Gasteiger partial charge is 0.257 e. The van der Waals surface area contributed by atoms with Gasteiger partial charge in [0.25, 0.3) is 5.91 Å². The Labute approximate surface area is 108 Å². The molecule has 1 amide bonds. The first kappa shape index (κ1) is 13.1. The van der Waals surface area contributed by atoms with Gasteiger partial charge < -0.3 is 10.6 Å². The predicted octanol–water partition coefficient (Wildman–Crippen LogP) is 0.793. The fraction of sp³-hybridized carbons (Fsp3) is 0.692. The zero-order valence-electron chi connectivity index (χ0n) is 11.2. The van der Waals surface area contributed by atoms with Gasteiger partial charge in [-0.1, -0.05) is 6.92 Å². The summed E-state index contributed by atoms with van der Waals surface area (Å²) >= 11 is 0. The van der Waals surface area contributed by atoms with Crippen LogP contribution in [0.4, 0.5) is 0 Å². The highest BCUT2D eigenvalue weighted by atomic mass is 16.2. The van der Waals surface area contributed by atoms with Gasteiger partial charge in [0.2, 0.25) is 0 Å². The van der Waals surface area contributed by atoms with Gasteiger partial charge in [0, 0.05) is 26.3 Å². The van der Waals surface area contributed by atoms with Crippen LogP contribution in [0.15, 0.2) is 6.20 Å². The molecule has 1 aromatic rings. The van der Waals surface area contributed by atoms with E-state index in [1.54, 1.807) is 4.68 Å². The van der Waals surface area contributed by atoms with E-state index in [0.717, 1.165) is 43.6 Å². The van der Waals surface area contributed by atoms with Crippen LogP contribution in [-0.4, -0.2) is 40.2 Å². The second-order valence-electron chi connectivity index (χ2n) is 5.00. The summed E-state index contributed by atoms with van der Waals surface area (Å²) in [4.78, 5) is 14.4. The van der Waals surface area contributed by atoms with Crippen LogP contribution in [0.5, 0.6) is 0 Å². The second-order valence-corrected chi connectivity index (χ2v) is 5.00. The molecule has 1 fully saturated rings. The quantitative estimate of drug-likeness (QED) is 0.859. The number of aromatic nitrogens is 2. The number of aryl methyl sites for hydroxylation is 2. The number of nitrogens with zero attached hydrogens (tertiary/aromatic N) is 3. The SMILES string of the molecule is CCc1nn(C)cc1C(=O)N1CCC(CCN)C1. The number of likely N-dealkylation sites (tertiary alicyclic amines) is 1. The van der Waals surface area contributed by atoms with Crippen LogP contribution in [0, 0.1) is 5.92 Å². The molecule has 0 spiro atoms. The van der Waals surface area contributed by atoms with Crippen molar-refractivity contribution >= 4 is 5.91 Å². The van der Waals surface area contributed by atoms with Gasteiger partial charge in [-0.25, -0.2) is 0 Å². The Morgan fingerprint density at radius 3 is 3.06 bits per heavy atom. The molecule has 5 heteroatoms. The topological polar surface area (TPSA) is 64.2 Å². The van der Waals surface area contributed by atoms with Crippen molar-refractivity contribution in [3.63, 3.8) is 0 Å². The molecule has 5 nitrogen and oxygen atoms in total. The van der Waals surface area contributed by atoms with Crippen molar-refractivity contribution < 1.29 is 4.79 Å². The standard InChI is InChI=1S/C13H22N4O/c1-3-12-11(9-16(2)15-12)13(18)17-7-5-10(8-17)4-6-14/h9-10H,3-8,14H2,1-2H3. The summed E-state index contributed by atoms with van der Waals surface area (Å²) in [6, 6.07) is 0. The van der Waals surface area contributed by atoms with Gasteiger partial charge in [0.1, 0.15) is 0 Å². The number of carbonyl (C=O) groups excluding carboxylic acids is 1. The van der Waals surface area contributed by atoms with Crippen LogP contribution >= 0.6 is 0 Å². The fourth-order valence-electron chi connectivity index (χ4n) is 2.63. The summed E-state index contributed by atoms with van der Waals surface area (Å²) < 4.78 is 1.72. The van der Waals surface area contributed by atoms with E-state index < -0.39 is 0 Å². The van der Waals surface area contributed by atoms with Crippen molar-refractivity contribution in [3.05, 3.63) is 17.5 Å². The number of amides is 1. The Kier molecular flexibility index (Phi) is 4.01. The van der Waals surface area contributed by atoms with E-state index >= 15 is 0 Å². The maximum Gasteiger partial charge on any atom is 0.257 e. The van der Waals surface area contributed by atoms with Crippen molar-refractivity contribution in [1.29, 1.82) is 0 Å². The third-order valence-corrected chi connectivity index (χ3v) is 3.62. The van der Waals surface area contributed by atoms with Crippen LogP contribution in [-0.2, 0) is 13.5 Å². The minimum atomic E-state index is 0.125. The molecule has 2 rings (SSSR count). The summed E-state index contributed by atoms with van der Waals surface area (Å²) in [7, 11) is 1.86. The minimum absolute atomic E-state index is 0.125. The highest BCUT2D eigenvalue weighted by molar-refractivity contribution is 5.95. The molecular formula is C13H22N4O. The summed E-state index contributed by atoms with van der Waals surface area (Å²) in [5.74, 6) is 0.695. The Hall–Kier alpha value is -1.36. The van der Waals surface area contributed by atoms with E-state index in [1.165, 1.54) is 0 Å². The lowest BCUT2D eigenvalue weighted by atomic mass is 10.1. The molecule has 2 N–H and O–H groups in total. The fourth-order valence-corrected chi connectivity index (χ4v) is 2.63. The molecule has 1 aliphatic heterocycles. The molecule has 0 radical (unpaired) electrons. The van der Waals surface area contributed by atoms with Crippen LogP contribution in [0.2, 0.25) is 0 Å². The molecule has 1 aliphatic rings. The molecule has 1 saturated heterocycles. The highest BCUT2D eigenvalue weighted by Crippen LogP contribution is 2.22. The number of nitrogens with two attached hydrogens (primary N) is 1. The first-order chi connectivity index (χ1) is 8.65. The lowest BCUT2D eigenvalue weighted by Gasteiger charge is -2.16. The van der Waals surface area contributed by atoms with Crippen LogP contribution in [0.1, 0.15) is 35.8 Å².